The Morgan fingerprint density at radius 3 is 2.06 bits per heavy atom. The second-order valence-corrected chi connectivity index (χ2v) is 9.39. The summed E-state index contributed by atoms with van der Waals surface area (Å²) in [5.74, 6) is -1.08. The average molecular weight is 646 g/mol. The number of anilines is 1. The lowest BCUT2D eigenvalue weighted by Gasteiger charge is -2.19. The van der Waals surface area contributed by atoms with Gasteiger partial charge in [0.15, 0.2) is 0 Å². The smallest absolute Gasteiger partial charge is 0.350 e. The van der Waals surface area contributed by atoms with Gasteiger partial charge in [0.05, 0.1) is 28.6 Å². The molecule has 3 aromatic rings. The number of likely N-dealkylation sites (N-methyl/N-ethyl adjacent to an activating group) is 1. The van der Waals surface area contributed by atoms with Gasteiger partial charge in [-0.15, -0.1) is 5.11 Å². The summed E-state index contributed by atoms with van der Waals surface area (Å²) in [7, 11) is 1.92. The van der Waals surface area contributed by atoms with Crippen molar-refractivity contribution in [1.82, 2.24) is 0 Å². The maximum atomic E-state index is 11.7. The van der Waals surface area contributed by atoms with Gasteiger partial charge in [-0.1, -0.05) is 30.8 Å². The van der Waals surface area contributed by atoms with Crippen molar-refractivity contribution in [3.05, 3.63) is 137 Å². The molecular formula is C36H28ClN5O5. The van der Waals surface area contributed by atoms with E-state index in [0.717, 1.165) is 11.8 Å². The van der Waals surface area contributed by atoms with Crippen molar-refractivity contribution in [3.63, 3.8) is 0 Å². The summed E-state index contributed by atoms with van der Waals surface area (Å²) in [5.41, 5.74) is 20.4. The monoisotopic (exact) mass is 645 g/mol. The normalized spacial score (nSPS) is 9.85. The Kier molecular flexibility index (Phi) is 14.3. The highest BCUT2D eigenvalue weighted by molar-refractivity contribution is 6.33. The summed E-state index contributed by atoms with van der Waals surface area (Å²) in [5, 5.41) is 17.2. The lowest BCUT2D eigenvalue weighted by molar-refractivity contribution is -0.143. The van der Waals surface area contributed by atoms with E-state index in [1.54, 1.807) is 43.3 Å². The molecule has 0 unspecified atom stereocenters. The Labute approximate surface area is 277 Å². The van der Waals surface area contributed by atoms with Crippen LogP contribution in [-0.2, 0) is 19.1 Å². The van der Waals surface area contributed by atoms with Crippen LogP contribution in [0.1, 0.15) is 13.3 Å². The lowest BCUT2D eigenvalue weighted by atomic mass is 10.2. The minimum Gasteiger partial charge on any atom is -0.464 e. The first-order valence-corrected chi connectivity index (χ1v) is 14.3. The molecule has 234 valence electrons. The quantitative estimate of drug-likeness (QED) is 0.0602. The maximum absolute atomic E-state index is 11.7. The predicted octanol–water partition coefficient (Wildman–Crippen LogP) is 9.23. The van der Waals surface area contributed by atoms with E-state index in [2.05, 4.69) is 73.7 Å². The standard InChI is InChI=1S/C36H28ClN5O5/c1-5-8-9-10-11-12-13-36(47-35(44)7-3)46-31-22-23-33(32(37)26-31)41-40-28-16-14-27(15-17-28)38-39-29-18-20-30(21-19-29)42(4)24-25-45-34(43)6-2/h7,14-23,26H,1,3,6,24-25H2,2,4H3. The van der Waals surface area contributed by atoms with E-state index in [9.17, 15) is 9.59 Å². The molecule has 3 rings (SSSR count). The fraction of sp³-hybridized carbons (Fsp3) is 0.139. The third kappa shape index (κ3) is 12.6. The number of azo groups is 2. The van der Waals surface area contributed by atoms with Crippen LogP contribution in [0.2, 0.25) is 5.02 Å². The van der Waals surface area contributed by atoms with Gasteiger partial charge in [0.1, 0.15) is 18.0 Å². The van der Waals surface area contributed by atoms with Gasteiger partial charge in [0, 0.05) is 37.0 Å². The number of halogens is 1. The highest BCUT2D eigenvalue weighted by atomic mass is 35.5. The van der Waals surface area contributed by atoms with E-state index >= 15 is 0 Å². The van der Waals surface area contributed by atoms with Crippen molar-refractivity contribution in [2.45, 2.75) is 13.3 Å². The molecule has 0 saturated heterocycles. The first-order valence-electron chi connectivity index (χ1n) is 13.9. The van der Waals surface area contributed by atoms with Crippen molar-refractivity contribution >= 4 is 52.0 Å². The summed E-state index contributed by atoms with van der Waals surface area (Å²) >= 11 is 6.38. The van der Waals surface area contributed by atoms with Crippen LogP contribution in [0.15, 0.2) is 152 Å². The first-order chi connectivity index (χ1) is 22.8. The van der Waals surface area contributed by atoms with Crippen molar-refractivity contribution in [3.8, 4) is 5.75 Å². The largest absolute Gasteiger partial charge is 0.464 e. The number of esters is 2. The van der Waals surface area contributed by atoms with Crippen LogP contribution >= 0.6 is 11.6 Å². The number of rotatable bonds is 13. The van der Waals surface area contributed by atoms with Crippen LogP contribution in [-0.4, -0.2) is 32.1 Å². The van der Waals surface area contributed by atoms with Crippen LogP contribution < -0.4 is 9.64 Å². The molecule has 0 spiro atoms. The third-order valence-corrected chi connectivity index (χ3v) is 5.97. The van der Waals surface area contributed by atoms with Crippen LogP contribution in [0.5, 0.6) is 5.75 Å². The summed E-state index contributed by atoms with van der Waals surface area (Å²) in [6.07, 6.45) is 1.32. The molecule has 0 bridgehead atoms. The molecule has 0 aliphatic rings. The van der Waals surface area contributed by atoms with E-state index in [1.807, 2.05) is 36.2 Å². The van der Waals surface area contributed by atoms with E-state index < -0.39 is 5.97 Å². The van der Waals surface area contributed by atoms with Gasteiger partial charge in [0.2, 0.25) is 0 Å². The van der Waals surface area contributed by atoms with E-state index in [0.29, 0.717) is 42.3 Å². The number of hydrogen-bond donors (Lipinski definition) is 0. The van der Waals surface area contributed by atoms with Crippen LogP contribution in [0, 0.1) is 0 Å². The van der Waals surface area contributed by atoms with Crippen LogP contribution in [0.3, 0.4) is 0 Å². The molecular weight excluding hydrogens is 618 g/mol. The summed E-state index contributed by atoms with van der Waals surface area (Å²) in [6.45, 7) is 9.36. The minimum absolute atomic E-state index is 0.215. The summed E-state index contributed by atoms with van der Waals surface area (Å²) in [4.78, 5) is 25.0. The molecule has 0 saturated carbocycles. The predicted molar refractivity (Wildman–Crippen MR) is 178 cm³/mol. The molecule has 11 heteroatoms. The maximum Gasteiger partial charge on any atom is 0.350 e. The molecule has 0 aliphatic heterocycles. The second-order valence-electron chi connectivity index (χ2n) is 8.98. The molecule has 0 heterocycles. The third-order valence-electron chi connectivity index (χ3n) is 5.67. The van der Waals surface area contributed by atoms with Crippen molar-refractivity contribution in [1.29, 1.82) is 0 Å². The molecule has 0 amide bonds. The fourth-order valence-corrected chi connectivity index (χ4v) is 3.49. The first kappa shape index (κ1) is 35.1. The van der Waals surface area contributed by atoms with Gasteiger partial charge < -0.3 is 19.1 Å². The SMILES string of the molecule is C=C=C=C=C=C=C=C=C(OC(=O)C=C)Oc1ccc(N=Nc2ccc(N=Nc3ccc(N(C)CCOC(=O)CC)cc3)cc2)c(Cl)c1. The molecule has 0 aliphatic carbocycles. The van der Waals surface area contributed by atoms with Gasteiger partial charge in [-0.2, -0.15) is 15.3 Å². The Bertz CT molecular complexity index is 1940. The molecule has 0 atom stereocenters. The molecule has 0 radical (unpaired) electrons. The Balaban J connectivity index is 1.63. The van der Waals surface area contributed by atoms with Crippen LogP contribution in [0.25, 0.3) is 0 Å². The van der Waals surface area contributed by atoms with E-state index in [1.165, 1.54) is 6.07 Å². The Hall–Kier alpha value is -6.37. The van der Waals surface area contributed by atoms with E-state index in [-0.39, 0.29) is 22.7 Å². The number of nitrogens with zero attached hydrogens (tertiary/aromatic N) is 5. The second kappa shape index (κ2) is 19.1. The molecule has 0 N–H and O–H groups in total. The number of benzene rings is 3. The molecule has 47 heavy (non-hydrogen) atoms. The fourth-order valence-electron chi connectivity index (χ4n) is 3.28. The van der Waals surface area contributed by atoms with Crippen molar-refractivity contribution in [2.24, 2.45) is 20.5 Å². The lowest BCUT2D eigenvalue weighted by Crippen LogP contribution is -2.23. The topological polar surface area (TPSA) is 115 Å². The molecule has 0 aromatic heterocycles. The van der Waals surface area contributed by atoms with E-state index in [4.69, 9.17) is 25.8 Å². The highest BCUT2D eigenvalue weighted by Crippen LogP contribution is 2.32. The Morgan fingerprint density at radius 1 is 0.872 bits per heavy atom. The molecule has 0 fully saturated rings. The zero-order chi connectivity index (χ0) is 33.9. The summed E-state index contributed by atoms with van der Waals surface area (Å²) < 4.78 is 15.7. The van der Waals surface area contributed by atoms with Gasteiger partial charge in [-0.05, 0) is 95.9 Å². The number of carbonyl (C=O) groups excluding carboxylic acids is 2. The number of hydrogen-bond acceptors (Lipinski definition) is 10. The van der Waals surface area contributed by atoms with Gasteiger partial charge in [0.25, 0.3) is 0 Å². The zero-order valence-electron chi connectivity index (χ0n) is 25.6. The minimum atomic E-state index is -0.768. The average Bonchev–Trinajstić information content (AvgIpc) is 3.08. The van der Waals surface area contributed by atoms with Crippen molar-refractivity contribution < 1.29 is 23.8 Å². The number of ether oxygens (including phenoxy) is 3. The van der Waals surface area contributed by atoms with Gasteiger partial charge in [-0.3, -0.25) is 4.79 Å². The highest BCUT2D eigenvalue weighted by Gasteiger charge is 2.09. The summed E-state index contributed by atoms with van der Waals surface area (Å²) in [6, 6.07) is 19.1. The molecule has 3 aromatic carbocycles. The Morgan fingerprint density at radius 2 is 1.47 bits per heavy atom. The van der Waals surface area contributed by atoms with Gasteiger partial charge in [-0.25, -0.2) is 4.79 Å². The van der Waals surface area contributed by atoms with Crippen LogP contribution in [0.4, 0.5) is 28.4 Å². The zero-order valence-corrected chi connectivity index (χ0v) is 26.4. The molecule has 10 nitrogen and oxygen atoms in total. The van der Waals surface area contributed by atoms with Gasteiger partial charge >= 0.3 is 17.9 Å². The van der Waals surface area contributed by atoms with Crippen molar-refractivity contribution in [2.75, 3.05) is 25.1 Å². The number of carbonyl (C=O) groups is 2.